The lowest BCUT2D eigenvalue weighted by atomic mass is 9.74. The predicted molar refractivity (Wildman–Crippen MR) is 64.7 cm³/mol. The van der Waals surface area contributed by atoms with E-state index < -0.39 is 5.97 Å². The van der Waals surface area contributed by atoms with E-state index in [0.717, 1.165) is 9.35 Å². The molecule has 0 aromatic carbocycles. The van der Waals surface area contributed by atoms with Crippen LogP contribution in [-0.4, -0.2) is 11.1 Å². The fourth-order valence-electron chi connectivity index (χ4n) is 2.07. The van der Waals surface area contributed by atoms with E-state index in [2.05, 4.69) is 22.9 Å². The van der Waals surface area contributed by atoms with Gasteiger partial charge < -0.3 is 5.11 Å². The summed E-state index contributed by atoms with van der Waals surface area (Å²) in [6.07, 6.45) is 3.78. The Morgan fingerprint density at radius 2 is 2.33 bits per heavy atom. The number of hydrogen-bond acceptors (Lipinski definition) is 2. The summed E-state index contributed by atoms with van der Waals surface area (Å²) in [7, 11) is 0. The van der Waals surface area contributed by atoms with Crippen molar-refractivity contribution in [3.05, 3.63) is 20.3 Å². The van der Waals surface area contributed by atoms with Gasteiger partial charge in [-0.1, -0.05) is 13.3 Å². The van der Waals surface area contributed by atoms with Crippen LogP contribution in [0.4, 0.5) is 0 Å². The van der Waals surface area contributed by atoms with Crippen LogP contribution in [0.3, 0.4) is 0 Å². The summed E-state index contributed by atoms with van der Waals surface area (Å²) in [6.45, 7) is 2.14. The highest BCUT2D eigenvalue weighted by Crippen LogP contribution is 2.42. The van der Waals surface area contributed by atoms with Crippen molar-refractivity contribution < 1.29 is 9.90 Å². The van der Waals surface area contributed by atoms with Crippen molar-refractivity contribution in [1.29, 1.82) is 0 Å². The lowest BCUT2D eigenvalue weighted by Gasteiger charge is -2.31. The number of carboxylic acids is 1. The van der Waals surface area contributed by atoms with Gasteiger partial charge in [-0.3, -0.25) is 0 Å². The van der Waals surface area contributed by atoms with Gasteiger partial charge in [0.15, 0.2) is 0 Å². The molecule has 1 aromatic rings. The minimum atomic E-state index is -0.799. The van der Waals surface area contributed by atoms with E-state index in [0.29, 0.717) is 16.7 Å². The molecule has 82 valence electrons. The van der Waals surface area contributed by atoms with Crippen LogP contribution in [0.15, 0.2) is 9.85 Å². The third-order valence-corrected chi connectivity index (χ3v) is 4.91. The Morgan fingerprint density at radius 1 is 1.67 bits per heavy atom. The number of thiophene rings is 1. The molecule has 15 heavy (non-hydrogen) atoms. The minimum absolute atomic E-state index is 0.382. The summed E-state index contributed by atoms with van der Waals surface area (Å²) in [4.78, 5) is 11.6. The van der Waals surface area contributed by atoms with Crippen molar-refractivity contribution >= 4 is 33.2 Å². The van der Waals surface area contributed by atoms with Crippen LogP contribution in [0.5, 0.6) is 0 Å². The molecule has 1 fully saturated rings. The highest BCUT2D eigenvalue weighted by atomic mass is 79.9. The molecule has 2 nitrogen and oxygen atoms in total. The standard InChI is InChI=1S/C11H13BrO2S/c1-6(7-3-2-4-7)8-5-9(12)15-10(8)11(13)14/h5-7H,2-4H2,1H3,(H,13,14). The maximum absolute atomic E-state index is 11.1. The Balaban J connectivity index is 2.28. The quantitative estimate of drug-likeness (QED) is 0.909. The predicted octanol–water partition coefficient (Wildman–Crippen LogP) is 4.11. The van der Waals surface area contributed by atoms with Crippen LogP contribution >= 0.6 is 27.3 Å². The van der Waals surface area contributed by atoms with Crippen molar-refractivity contribution in [3.8, 4) is 0 Å². The fourth-order valence-corrected chi connectivity index (χ4v) is 3.64. The molecule has 1 aliphatic rings. The van der Waals surface area contributed by atoms with Crippen molar-refractivity contribution in [3.63, 3.8) is 0 Å². The van der Waals surface area contributed by atoms with Gasteiger partial charge >= 0.3 is 5.97 Å². The Morgan fingerprint density at radius 3 is 2.80 bits per heavy atom. The summed E-state index contributed by atoms with van der Waals surface area (Å²) in [5, 5.41) is 9.09. The van der Waals surface area contributed by atoms with Gasteiger partial charge in [0, 0.05) is 0 Å². The van der Waals surface area contributed by atoms with Crippen molar-refractivity contribution in [1.82, 2.24) is 0 Å². The number of hydrogen-bond donors (Lipinski definition) is 1. The van der Waals surface area contributed by atoms with Crippen LogP contribution in [0.1, 0.15) is 47.3 Å². The fraction of sp³-hybridized carbons (Fsp3) is 0.545. The van der Waals surface area contributed by atoms with Crippen molar-refractivity contribution in [2.75, 3.05) is 0 Å². The second-order valence-corrected chi connectivity index (χ2v) is 6.55. The minimum Gasteiger partial charge on any atom is -0.477 e. The number of halogens is 1. The Bertz CT molecular complexity index is 382. The smallest absolute Gasteiger partial charge is 0.346 e. The van der Waals surface area contributed by atoms with Crippen LogP contribution in [0.25, 0.3) is 0 Å². The first-order valence-corrected chi connectivity index (χ1v) is 6.73. The first-order chi connectivity index (χ1) is 7.09. The second kappa shape index (κ2) is 4.26. The third-order valence-electron chi connectivity index (χ3n) is 3.27. The lowest BCUT2D eigenvalue weighted by molar-refractivity contribution is 0.0699. The number of rotatable bonds is 3. The molecular formula is C11H13BrO2S. The highest BCUT2D eigenvalue weighted by molar-refractivity contribution is 9.11. The average Bonchev–Trinajstić information content (AvgIpc) is 2.44. The molecule has 1 N–H and O–H groups in total. The average molecular weight is 289 g/mol. The van der Waals surface area contributed by atoms with Crippen LogP contribution < -0.4 is 0 Å². The van der Waals surface area contributed by atoms with Crippen LogP contribution in [-0.2, 0) is 0 Å². The number of carbonyl (C=O) groups is 1. The van der Waals surface area contributed by atoms with E-state index in [4.69, 9.17) is 5.11 Å². The van der Waals surface area contributed by atoms with E-state index in [1.165, 1.54) is 30.6 Å². The Kier molecular flexibility index (Phi) is 3.16. The van der Waals surface area contributed by atoms with Crippen molar-refractivity contribution in [2.45, 2.75) is 32.1 Å². The topological polar surface area (TPSA) is 37.3 Å². The number of aromatic carboxylic acids is 1. The summed E-state index contributed by atoms with van der Waals surface area (Å²) >= 11 is 4.68. The van der Waals surface area contributed by atoms with E-state index in [1.54, 1.807) is 0 Å². The first kappa shape index (κ1) is 11.1. The molecule has 0 amide bonds. The van der Waals surface area contributed by atoms with Crippen LogP contribution in [0.2, 0.25) is 0 Å². The molecule has 1 saturated carbocycles. The lowest BCUT2D eigenvalue weighted by Crippen LogP contribution is -2.19. The zero-order valence-electron chi connectivity index (χ0n) is 8.50. The van der Waals surface area contributed by atoms with Gasteiger partial charge in [0.1, 0.15) is 4.88 Å². The molecule has 0 radical (unpaired) electrons. The molecule has 4 heteroatoms. The molecule has 1 atom stereocenters. The van der Waals surface area contributed by atoms with Crippen LogP contribution in [0, 0.1) is 5.92 Å². The molecule has 0 spiro atoms. The maximum atomic E-state index is 11.1. The molecular weight excluding hydrogens is 276 g/mol. The number of carboxylic acid groups (broad SMARTS) is 1. The zero-order valence-corrected chi connectivity index (χ0v) is 10.9. The van der Waals surface area contributed by atoms with Gasteiger partial charge in [-0.05, 0) is 52.2 Å². The summed E-state index contributed by atoms with van der Waals surface area (Å²) in [5.74, 6) is 0.267. The molecule has 0 saturated heterocycles. The van der Waals surface area contributed by atoms with Gasteiger partial charge in [0.05, 0.1) is 3.79 Å². The van der Waals surface area contributed by atoms with Gasteiger partial charge in [0.2, 0.25) is 0 Å². The second-order valence-electron chi connectivity index (χ2n) is 4.12. The third kappa shape index (κ3) is 2.11. The summed E-state index contributed by atoms with van der Waals surface area (Å²) in [6, 6.07) is 1.97. The van der Waals surface area contributed by atoms with Gasteiger partial charge in [-0.2, -0.15) is 0 Å². The van der Waals surface area contributed by atoms with Gasteiger partial charge in [-0.15, -0.1) is 11.3 Å². The molecule has 0 aliphatic heterocycles. The summed E-state index contributed by atoms with van der Waals surface area (Å²) < 4.78 is 0.918. The maximum Gasteiger partial charge on any atom is 0.346 e. The summed E-state index contributed by atoms with van der Waals surface area (Å²) in [5.41, 5.74) is 1.00. The van der Waals surface area contributed by atoms with Gasteiger partial charge in [-0.25, -0.2) is 4.79 Å². The Labute approximate surface area is 101 Å². The highest BCUT2D eigenvalue weighted by Gasteiger charge is 2.29. The monoisotopic (exact) mass is 288 g/mol. The van der Waals surface area contributed by atoms with Gasteiger partial charge in [0.25, 0.3) is 0 Å². The zero-order chi connectivity index (χ0) is 11.0. The molecule has 2 rings (SSSR count). The largest absolute Gasteiger partial charge is 0.477 e. The first-order valence-electron chi connectivity index (χ1n) is 5.12. The van der Waals surface area contributed by atoms with E-state index in [9.17, 15) is 4.79 Å². The Hall–Kier alpha value is -0.350. The SMILES string of the molecule is CC(c1cc(Br)sc1C(=O)O)C1CCC1. The van der Waals surface area contributed by atoms with E-state index >= 15 is 0 Å². The molecule has 1 aliphatic carbocycles. The molecule has 1 unspecified atom stereocenters. The normalized spacial score (nSPS) is 18.5. The molecule has 0 bridgehead atoms. The van der Waals surface area contributed by atoms with E-state index in [-0.39, 0.29) is 0 Å². The van der Waals surface area contributed by atoms with E-state index in [1.807, 2.05) is 6.07 Å². The molecule has 1 aromatic heterocycles. The molecule has 1 heterocycles. The van der Waals surface area contributed by atoms with Crippen molar-refractivity contribution in [2.24, 2.45) is 5.92 Å².